The Balaban J connectivity index is 2.04. The van der Waals surface area contributed by atoms with Gasteiger partial charge in [-0.05, 0) is 13.8 Å². The van der Waals surface area contributed by atoms with Crippen LogP contribution in [-0.4, -0.2) is 31.2 Å². The molecule has 0 aromatic carbocycles. The summed E-state index contributed by atoms with van der Waals surface area (Å²) < 4.78 is 16.4. The van der Waals surface area contributed by atoms with Crippen molar-refractivity contribution >= 4 is 0 Å². The van der Waals surface area contributed by atoms with Crippen LogP contribution in [0.1, 0.15) is 20.3 Å². The second-order valence-corrected chi connectivity index (χ2v) is 3.34. The van der Waals surface area contributed by atoms with E-state index in [9.17, 15) is 0 Å². The molecule has 2 fully saturated rings. The first kappa shape index (κ1) is 7.53. The summed E-state index contributed by atoms with van der Waals surface area (Å²) in [6, 6.07) is 0. The topological polar surface area (TPSA) is 27.7 Å². The quantitative estimate of drug-likeness (QED) is 0.524. The van der Waals surface area contributed by atoms with Crippen molar-refractivity contribution in [2.45, 2.75) is 44.7 Å². The molecule has 0 radical (unpaired) electrons. The summed E-state index contributed by atoms with van der Waals surface area (Å²) in [4.78, 5) is 0. The summed E-state index contributed by atoms with van der Waals surface area (Å²) in [5.74, 6) is 0. The maximum Gasteiger partial charge on any atom is 0.147 e. The third-order valence-electron chi connectivity index (χ3n) is 2.38. The Labute approximate surface area is 66.6 Å². The van der Waals surface area contributed by atoms with Crippen molar-refractivity contribution in [3.8, 4) is 0 Å². The number of fused-ring (bicyclic) bond motifs is 1. The zero-order chi connectivity index (χ0) is 7.84. The number of hydrogen-bond acceptors (Lipinski definition) is 3. The van der Waals surface area contributed by atoms with Crippen LogP contribution >= 0.6 is 0 Å². The number of rotatable bonds is 0. The van der Waals surface area contributed by atoms with Crippen LogP contribution < -0.4 is 0 Å². The molecule has 0 aliphatic carbocycles. The van der Waals surface area contributed by atoms with Gasteiger partial charge in [0, 0.05) is 6.42 Å². The lowest BCUT2D eigenvalue weighted by atomic mass is 10.00. The van der Waals surface area contributed by atoms with Crippen LogP contribution in [0.15, 0.2) is 0 Å². The lowest BCUT2D eigenvalue weighted by Crippen LogP contribution is -2.44. The van der Waals surface area contributed by atoms with Crippen molar-refractivity contribution in [2.24, 2.45) is 0 Å². The van der Waals surface area contributed by atoms with Crippen LogP contribution in [0.25, 0.3) is 0 Å². The van der Waals surface area contributed by atoms with Gasteiger partial charge in [0.2, 0.25) is 0 Å². The van der Waals surface area contributed by atoms with E-state index in [0.29, 0.717) is 12.9 Å². The Morgan fingerprint density at radius 3 is 2.82 bits per heavy atom. The highest BCUT2D eigenvalue weighted by atomic mass is 16.7. The second-order valence-electron chi connectivity index (χ2n) is 3.34. The van der Waals surface area contributed by atoms with Crippen molar-refractivity contribution in [2.75, 3.05) is 6.79 Å². The van der Waals surface area contributed by atoms with E-state index in [1.165, 1.54) is 0 Å². The van der Waals surface area contributed by atoms with Gasteiger partial charge in [-0.15, -0.1) is 0 Å². The lowest BCUT2D eigenvalue weighted by molar-refractivity contribution is -0.113. The molecule has 64 valence electrons. The third-order valence-corrected chi connectivity index (χ3v) is 2.38. The third kappa shape index (κ3) is 1.28. The molecular weight excluding hydrogens is 144 g/mol. The fourth-order valence-corrected chi connectivity index (χ4v) is 1.87. The van der Waals surface area contributed by atoms with E-state index in [0.717, 1.165) is 6.42 Å². The van der Waals surface area contributed by atoms with Gasteiger partial charge in [0.25, 0.3) is 0 Å². The van der Waals surface area contributed by atoms with Crippen LogP contribution in [0, 0.1) is 0 Å². The first-order chi connectivity index (χ1) is 5.27. The summed E-state index contributed by atoms with van der Waals surface area (Å²) in [7, 11) is 0. The van der Waals surface area contributed by atoms with E-state index in [-0.39, 0.29) is 18.3 Å². The van der Waals surface area contributed by atoms with E-state index < -0.39 is 0 Å². The largest absolute Gasteiger partial charge is 0.373 e. The molecule has 2 heterocycles. The van der Waals surface area contributed by atoms with E-state index in [4.69, 9.17) is 14.2 Å². The Hall–Kier alpha value is -0.120. The SMILES string of the molecule is CC1CC2OCOC2C(C)O1. The Morgan fingerprint density at radius 2 is 2.00 bits per heavy atom. The molecule has 3 heteroatoms. The first-order valence-corrected chi connectivity index (χ1v) is 4.16. The van der Waals surface area contributed by atoms with E-state index in [1.807, 2.05) is 6.92 Å². The van der Waals surface area contributed by atoms with Crippen LogP contribution in [0.2, 0.25) is 0 Å². The van der Waals surface area contributed by atoms with Crippen molar-refractivity contribution in [3.05, 3.63) is 0 Å². The van der Waals surface area contributed by atoms with Gasteiger partial charge in [0.15, 0.2) is 0 Å². The summed E-state index contributed by atoms with van der Waals surface area (Å²) in [5, 5.41) is 0. The molecule has 0 aromatic heterocycles. The minimum atomic E-state index is 0.172. The minimum Gasteiger partial charge on any atom is -0.373 e. The molecular formula is C8H14O3. The molecule has 4 unspecified atom stereocenters. The molecule has 0 N–H and O–H groups in total. The molecule has 0 saturated carbocycles. The molecule has 4 atom stereocenters. The molecule has 2 rings (SSSR count). The van der Waals surface area contributed by atoms with Gasteiger partial charge in [-0.1, -0.05) is 0 Å². The maximum absolute atomic E-state index is 5.60. The molecule has 0 amide bonds. The van der Waals surface area contributed by atoms with Crippen molar-refractivity contribution in [1.29, 1.82) is 0 Å². The second kappa shape index (κ2) is 2.73. The maximum atomic E-state index is 5.60. The highest BCUT2D eigenvalue weighted by Crippen LogP contribution is 2.28. The van der Waals surface area contributed by atoms with Crippen molar-refractivity contribution in [1.82, 2.24) is 0 Å². The summed E-state index contributed by atoms with van der Waals surface area (Å²) >= 11 is 0. The van der Waals surface area contributed by atoms with Gasteiger partial charge in [-0.2, -0.15) is 0 Å². The predicted octanol–water partition coefficient (Wildman–Crippen LogP) is 0.925. The number of ether oxygens (including phenoxy) is 3. The van der Waals surface area contributed by atoms with Crippen LogP contribution in [-0.2, 0) is 14.2 Å². The number of hydrogen-bond donors (Lipinski definition) is 0. The average Bonchev–Trinajstić information content (AvgIpc) is 2.34. The zero-order valence-electron chi connectivity index (χ0n) is 6.95. The molecule has 11 heavy (non-hydrogen) atoms. The van der Waals surface area contributed by atoms with Gasteiger partial charge in [-0.25, -0.2) is 0 Å². The van der Waals surface area contributed by atoms with Gasteiger partial charge in [0.05, 0.1) is 18.3 Å². The molecule has 0 spiro atoms. The van der Waals surface area contributed by atoms with E-state index >= 15 is 0 Å². The lowest BCUT2D eigenvalue weighted by Gasteiger charge is -2.33. The average molecular weight is 158 g/mol. The molecule has 0 aromatic rings. The molecule has 2 saturated heterocycles. The van der Waals surface area contributed by atoms with E-state index in [2.05, 4.69) is 6.92 Å². The first-order valence-electron chi connectivity index (χ1n) is 4.16. The zero-order valence-corrected chi connectivity index (χ0v) is 6.95. The van der Waals surface area contributed by atoms with Gasteiger partial charge < -0.3 is 14.2 Å². The van der Waals surface area contributed by atoms with Crippen LogP contribution in [0.4, 0.5) is 0 Å². The van der Waals surface area contributed by atoms with Crippen LogP contribution in [0.3, 0.4) is 0 Å². The van der Waals surface area contributed by atoms with Gasteiger partial charge >= 0.3 is 0 Å². The highest BCUT2D eigenvalue weighted by molar-refractivity contribution is 4.86. The summed E-state index contributed by atoms with van der Waals surface area (Å²) in [6.07, 6.45) is 1.91. The monoisotopic (exact) mass is 158 g/mol. The van der Waals surface area contributed by atoms with Crippen LogP contribution in [0.5, 0.6) is 0 Å². The Morgan fingerprint density at radius 1 is 1.18 bits per heavy atom. The smallest absolute Gasteiger partial charge is 0.147 e. The molecule has 2 aliphatic heterocycles. The predicted molar refractivity (Wildman–Crippen MR) is 39.2 cm³/mol. The van der Waals surface area contributed by atoms with Gasteiger partial charge in [-0.3, -0.25) is 0 Å². The summed E-state index contributed by atoms with van der Waals surface area (Å²) in [5.41, 5.74) is 0. The normalized spacial score (nSPS) is 50.7. The fraction of sp³-hybridized carbons (Fsp3) is 1.00. The van der Waals surface area contributed by atoms with Crippen molar-refractivity contribution in [3.63, 3.8) is 0 Å². The fourth-order valence-electron chi connectivity index (χ4n) is 1.87. The molecule has 0 bridgehead atoms. The molecule has 3 nitrogen and oxygen atoms in total. The standard InChI is InChI=1S/C8H14O3/c1-5-3-7-8(6(2)11-5)10-4-9-7/h5-8H,3-4H2,1-2H3. The highest BCUT2D eigenvalue weighted by Gasteiger charge is 2.39. The van der Waals surface area contributed by atoms with Crippen molar-refractivity contribution < 1.29 is 14.2 Å². The minimum absolute atomic E-state index is 0.172. The Bertz CT molecular complexity index is 148. The van der Waals surface area contributed by atoms with Gasteiger partial charge in [0.1, 0.15) is 12.9 Å². The summed E-state index contributed by atoms with van der Waals surface area (Å²) in [6.45, 7) is 4.56. The van der Waals surface area contributed by atoms with E-state index in [1.54, 1.807) is 0 Å². The Kier molecular flexibility index (Phi) is 1.87. The molecule has 2 aliphatic rings.